The SMILES string of the molecule is C/C(=N\C(=NC(C)c1ccccc1)n1c2ccccc2c2cc3c(cc21)C(C)(C)c1ccccc1-3)c1ccccc1. The van der Waals surface area contributed by atoms with Crippen LogP contribution in [0, 0.1) is 0 Å². The first-order valence-corrected chi connectivity index (χ1v) is 14.3. The van der Waals surface area contributed by atoms with Gasteiger partial charge < -0.3 is 0 Å². The van der Waals surface area contributed by atoms with Crippen molar-refractivity contribution in [2.75, 3.05) is 0 Å². The molecule has 1 unspecified atom stereocenters. The molecule has 1 aliphatic carbocycles. The Bertz CT molecular complexity index is 1980. The zero-order valence-electron chi connectivity index (χ0n) is 24.0. The fourth-order valence-electron chi connectivity index (χ4n) is 6.39. The summed E-state index contributed by atoms with van der Waals surface area (Å²) in [5.74, 6) is 0.696. The molecule has 7 rings (SSSR count). The lowest BCUT2D eigenvalue weighted by atomic mass is 9.82. The summed E-state index contributed by atoms with van der Waals surface area (Å²) >= 11 is 0. The molecule has 5 aromatic carbocycles. The van der Waals surface area contributed by atoms with Crippen LogP contribution in [0.4, 0.5) is 0 Å². The third kappa shape index (κ3) is 4.12. The number of rotatable bonds is 3. The van der Waals surface area contributed by atoms with Gasteiger partial charge in [-0.15, -0.1) is 0 Å². The van der Waals surface area contributed by atoms with Crippen molar-refractivity contribution in [1.82, 2.24) is 4.57 Å². The van der Waals surface area contributed by atoms with Crippen LogP contribution in [-0.4, -0.2) is 16.2 Å². The highest BCUT2D eigenvalue weighted by Gasteiger charge is 2.36. The monoisotopic (exact) mass is 531 g/mol. The maximum Gasteiger partial charge on any atom is 0.230 e. The average Bonchev–Trinajstić information content (AvgIpc) is 3.45. The Kier molecular flexibility index (Phi) is 5.97. The Morgan fingerprint density at radius 3 is 2.10 bits per heavy atom. The number of para-hydroxylation sites is 1. The number of aromatic nitrogens is 1. The maximum atomic E-state index is 5.32. The summed E-state index contributed by atoms with van der Waals surface area (Å²) in [7, 11) is 0. The molecular weight excluding hydrogens is 498 g/mol. The quantitative estimate of drug-likeness (QED) is 0.161. The van der Waals surface area contributed by atoms with Gasteiger partial charge in [-0.25, -0.2) is 9.98 Å². The van der Waals surface area contributed by atoms with Crippen LogP contribution >= 0.6 is 0 Å². The van der Waals surface area contributed by atoms with Gasteiger partial charge in [-0.2, -0.15) is 0 Å². The fraction of sp³-hybridized carbons (Fsp3) is 0.158. The van der Waals surface area contributed by atoms with E-state index < -0.39 is 0 Å². The molecule has 0 bridgehead atoms. The summed E-state index contributed by atoms with van der Waals surface area (Å²) in [4.78, 5) is 10.6. The van der Waals surface area contributed by atoms with Gasteiger partial charge in [0.05, 0.1) is 17.1 Å². The molecule has 200 valence electrons. The first kappa shape index (κ1) is 25.2. The van der Waals surface area contributed by atoms with Crippen LogP contribution in [0.15, 0.2) is 131 Å². The molecule has 1 heterocycles. The minimum atomic E-state index is -0.0980. The third-order valence-electron chi connectivity index (χ3n) is 8.63. The number of nitrogens with zero attached hydrogens (tertiary/aromatic N) is 3. The molecule has 41 heavy (non-hydrogen) atoms. The highest BCUT2D eigenvalue weighted by molar-refractivity contribution is 6.17. The minimum absolute atomic E-state index is 0.0649. The Hall–Kier alpha value is -4.76. The topological polar surface area (TPSA) is 29.6 Å². The van der Waals surface area contributed by atoms with Crippen LogP contribution in [0.25, 0.3) is 32.9 Å². The summed E-state index contributed by atoms with van der Waals surface area (Å²) in [6.45, 7) is 8.89. The van der Waals surface area contributed by atoms with Gasteiger partial charge in [-0.05, 0) is 65.4 Å². The van der Waals surface area contributed by atoms with Crippen LogP contribution in [0.1, 0.15) is 56.0 Å². The molecule has 0 amide bonds. The molecule has 1 atom stereocenters. The van der Waals surface area contributed by atoms with Crippen LogP contribution in [0.3, 0.4) is 0 Å². The molecule has 0 spiro atoms. The predicted molar refractivity (Wildman–Crippen MR) is 173 cm³/mol. The normalized spacial score (nSPS) is 15.2. The van der Waals surface area contributed by atoms with Gasteiger partial charge in [0.2, 0.25) is 5.96 Å². The van der Waals surface area contributed by atoms with E-state index >= 15 is 0 Å². The average molecular weight is 532 g/mol. The van der Waals surface area contributed by atoms with Gasteiger partial charge in [-0.1, -0.05) is 117 Å². The van der Waals surface area contributed by atoms with Gasteiger partial charge in [0, 0.05) is 21.9 Å². The molecule has 0 N–H and O–H groups in total. The Balaban J connectivity index is 1.53. The lowest BCUT2D eigenvalue weighted by molar-refractivity contribution is 0.661. The van der Waals surface area contributed by atoms with E-state index in [4.69, 9.17) is 9.98 Å². The highest BCUT2D eigenvalue weighted by Crippen LogP contribution is 2.50. The van der Waals surface area contributed by atoms with Crippen molar-refractivity contribution in [3.8, 4) is 11.1 Å². The molecule has 0 saturated carbocycles. The molecule has 6 aromatic rings. The first-order chi connectivity index (χ1) is 19.9. The Morgan fingerprint density at radius 2 is 1.32 bits per heavy atom. The molecule has 0 radical (unpaired) electrons. The van der Waals surface area contributed by atoms with E-state index in [9.17, 15) is 0 Å². The molecule has 0 fully saturated rings. The number of hydrogen-bond donors (Lipinski definition) is 0. The second-order valence-electron chi connectivity index (χ2n) is 11.5. The number of aliphatic imine (C=N–C) groups is 2. The van der Waals surface area contributed by atoms with Gasteiger partial charge in [0.25, 0.3) is 0 Å². The highest BCUT2D eigenvalue weighted by atomic mass is 15.2. The molecular formula is C38H33N3. The summed E-state index contributed by atoms with van der Waals surface area (Å²) in [6.07, 6.45) is 0. The largest absolute Gasteiger partial charge is 0.278 e. The van der Waals surface area contributed by atoms with E-state index in [-0.39, 0.29) is 11.5 Å². The number of benzene rings is 5. The Labute approximate surface area is 241 Å². The van der Waals surface area contributed by atoms with E-state index in [0.29, 0.717) is 5.96 Å². The van der Waals surface area contributed by atoms with E-state index in [2.05, 4.69) is 141 Å². The van der Waals surface area contributed by atoms with E-state index in [1.165, 1.54) is 33.0 Å². The zero-order chi connectivity index (χ0) is 28.1. The van der Waals surface area contributed by atoms with E-state index in [1.54, 1.807) is 0 Å². The van der Waals surface area contributed by atoms with Crippen molar-refractivity contribution in [2.45, 2.75) is 39.2 Å². The second kappa shape index (κ2) is 9.71. The summed E-state index contributed by atoms with van der Waals surface area (Å²) < 4.78 is 2.27. The molecule has 0 aliphatic heterocycles. The third-order valence-corrected chi connectivity index (χ3v) is 8.63. The Morgan fingerprint density at radius 1 is 0.659 bits per heavy atom. The molecule has 1 aliphatic rings. The molecule has 1 aromatic heterocycles. The predicted octanol–water partition coefficient (Wildman–Crippen LogP) is 9.58. The van der Waals surface area contributed by atoms with E-state index in [1.807, 2.05) is 12.1 Å². The fourth-order valence-corrected chi connectivity index (χ4v) is 6.39. The summed E-state index contributed by atoms with van der Waals surface area (Å²) in [5, 5.41) is 2.43. The van der Waals surface area contributed by atoms with Crippen molar-refractivity contribution >= 4 is 33.5 Å². The van der Waals surface area contributed by atoms with Crippen molar-refractivity contribution < 1.29 is 0 Å². The number of hydrogen-bond acceptors (Lipinski definition) is 1. The van der Waals surface area contributed by atoms with Crippen LogP contribution in [0.5, 0.6) is 0 Å². The lowest BCUT2D eigenvalue weighted by Crippen LogP contribution is -2.16. The molecule has 3 heteroatoms. The first-order valence-electron chi connectivity index (χ1n) is 14.3. The van der Waals surface area contributed by atoms with Crippen molar-refractivity contribution in [1.29, 1.82) is 0 Å². The minimum Gasteiger partial charge on any atom is -0.278 e. The molecule has 3 nitrogen and oxygen atoms in total. The lowest BCUT2D eigenvalue weighted by Gasteiger charge is -2.21. The van der Waals surface area contributed by atoms with Crippen molar-refractivity contribution in [2.24, 2.45) is 9.98 Å². The molecule has 0 saturated heterocycles. The van der Waals surface area contributed by atoms with Gasteiger partial charge in [0.1, 0.15) is 0 Å². The van der Waals surface area contributed by atoms with Gasteiger partial charge >= 0.3 is 0 Å². The van der Waals surface area contributed by atoms with Crippen LogP contribution < -0.4 is 0 Å². The number of fused-ring (bicyclic) bond motifs is 6. The summed E-state index contributed by atoms with van der Waals surface area (Å²) in [6, 6.07) is 43.0. The van der Waals surface area contributed by atoms with Crippen LogP contribution in [-0.2, 0) is 5.41 Å². The smallest absolute Gasteiger partial charge is 0.230 e. The van der Waals surface area contributed by atoms with Crippen molar-refractivity contribution in [3.63, 3.8) is 0 Å². The van der Waals surface area contributed by atoms with Gasteiger partial charge in [0.15, 0.2) is 0 Å². The second-order valence-corrected chi connectivity index (χ2v) is 11.5. The van der Waals surface area contributed by atoms with Crippen LogP contribution in [0.2, 0.25) is 0 Å². The summed E-state index contributed by atoms with van der Waals surface area (Å²) in [5.41, 5.74) is 10.7. The zero-order valence-corrected chi connectivity index (χ0v) is 24.0. The van der Waals surface area contributed by atoms with Gasteiger partial charge in [-0.3, -0.25) is 4.57 Å². The van der Waals surface area contributed by atoms with Crippen molar-refractivity contribution in [3.05, 3.63) is 144 Å². The standard InChI is InChI=1S/C38H33N3/c1-25(27-15-7-5-8-16-27)39-37(40-26(2)28-17-9-6-10-18-28)41-35-22-14-12-20-30(35)32-23-31-29-19-11-13-21-33(29)38(3,4)34(31)24-36(32)41/h5-25H,1-4H3/b39-37?,40-26+. The maximum absolute atomic E-state index is 5.32. The van der Waals surface area contributed by atoms with E-state index in [0.717, 1.165) is 27.9 Å².